The Kier molecular flexibility index (Phi) is 3.16. The molecule has 114 valence electrons. The van der Waals surface area contributed by atoms with Crippen molar-refractivity contribution in [2.24, 2.45) is 5.41 Å². The number of carbonyl (C=O) groups excluding carboxylic acids is 3. The van der Waals surface area contributed by atoms with Gasteiger partial charge >= 0.3 is 5.97 Å². The lowest BCUT2D eigenvalue weighted by Gasteiger charge is -2.26. The molecule has 0 aromatic heterocycles. The minimum atomic E-state index is -1.06. The largest absolute Gasteiger partial charge is 0.497 e. The maximum Gasteiger partial charge on any atom is 0.316 e. The third-order valence-electron chi connectivity index (χ3n) is 4.58. The Labute approximate surface area is 127 Å². The van der Waals surface area contributed by atoms with Gasteiger partial charge in [0.05, 0.1) is 19.6 Å². The van der Waals surface area contributed by atoms with E-state index in [0.29, 0.717) is 35.3 Å². The summed E-state index contributed by atoms with van der Waals surface area (Å²) in [4.78, 5) is 37.6. The van der Waals surface area contributed by atoms with Gasteiger partial charge in [-0.05, 0) is 38.0 Å². The fourth-order valence-corrected chi connectivity index (χ4v) is 3.34. The molecule has 0 saturated carbocycles. The SMILES string of the molecule is COC(=O)C1(C)CCC2=C1C(=O)c1cc(OC)ccc1C2=O. The zero-order valence-corrected chi connectivity index (χ0v) is 12.7. The Hall–Kier alpha value is -2.43. The Morgan fingerprint density at radius 1 is 1.14 bits per heavy atom. The average molecular weight is 300 g/mol. The molecule has 0 radical (unpaired) electrons. The molecule has 0 fully saturated rings. The van der Waals surface area contributed by atoms with Crippen LogP contribution in [0.25, 0.3) is 0 Å². The van der Waals surface area contributed by atoms with Crippen LogP contribution in [0.15, 0.2) is 29.3 Å². The van der Waals surface area contributed by atoms with Crippen LogP contribution < -0.4 is 4.74 Å². The van der Waals surface area contributed by atoms with E-state index in [1.54, 1.807) is 25.1 Å². The third kappa shape index (κ3) is 1.75. The van der Waals surface area contributed by atoms with Crippen molar-refractivity contribution < 1.29 is 23.9 Å². The van der Waals surface area contributed by atoms with E-state index in [-0.39, 0.29) is 17.1 Å². The van der Waals surface area contributed by atoms with Gasteiger partial charge in [0, 0.05) is 22.3 Å². The standard InChI is InChI=1S/C17H16O5/c1-17(16(20)22-3)7-6-11-13(17)15(19)12-8-9(21-2)4-5-10(12)14(11)18/h4-5,8H,6-7H2,1-3H3. The van der Waals surface area contributed by atoms with E-state index in [1.807, 2.05) is 0 Å². The molecule has 0 bridgehead atoms. The monoisotopic (exact) mass is 300 g/mol. The number of allylic oxidation sites excluding steroid dienone is 1. The summed E-state index contributed by atoms with van der Waals surface area (Å²) in [6, 6.07) is 4.81. The minimum Gasteiger partial charge on any atom is -0.497 e. The lowest BCUT2D eigenvalue weighted by atomic mass is 9.75. The number of esters is 1. The number of methoxy groups -OCH3 is 2. The van der Waals surface area contributed by atoms with Gasteiger partial charge in [-0.1, -0.05) is 0 Å². The van der Waals surface area contributed by atoms with Gasteiger partial charge in [-0.15, -0.1) is 0 Å². The summed E-state index contributed by atoms with van der Waals surface area (Å²) in [5.41, 5.74) is 0.330. The molecule has 0 aliphatic heterocycles. The molecule has 0 N–H and O–H groups in total. The van der Waals surface area contributed by atoms with Crippen LogP contribution in [0.2, 0.25) is 0 Å². The highest BCUT2D eigenvalue weighted by molar-refractivity contribution is 6.29. The van der Waals surface area contributed by atoms with Crippen LogP contribution in [-0.2, 0) is 9.53 Å². The molecule has 1 atom stereocenters. The fourth-order valence-electron chi connectivity index (χ4n) is 3.34. The Bertz CT molecular complexity index is 743. The maximum absolute atomic E-state index is 12.9. The van der Waals surface area contributed by atoms with Crippen molar-refractivity contribution in [1.29, 1.82) is 0 Å². The first kappa shape index (κ1) is 14.5. The fraction of sp³-hybridized carbons (Fsp3) is 0.353. The topological polar surface area (TPSA) is 69.7 Å². The summed E-state index contributed by atoms with van der Waals surface area (Å²) in [5.74, 6) is -0.444. The molecule has 2 aliphatic carbocycles. The second-order valence-corrected chi connectivity index (χ2v) is 5.75. The van der Waals surface area contributed by atoms with Crippen molar-refractivity contribution in [3.05, 3.63) is 40.5 Å². The molecule has 2 aliphatic rings. The summed E-state index contributed by atoms with van der Waals surface area (Å²) in [5, 5.41) is 0. The summed E-state index contributed by atoms with van der Waals surface area (Å²) in [7, 11) is 2.79. The average Bonchev–Trinajstić information content (AvgIpc) is 2.90. The first-order valence-electron chi connectivity index (χ1n) is 7.03. The van der Waals surface area contributed by atoms with E-state index in [2.05, 4.69) is 0 Å². The second-order valence-electron chi connectivity index (χ2n) is 5.75. The molecule has 1 aromatic rings. The van der Waals surface area contributed by atoms with Crippen LogP contribution in [0.3, 0.4) is 0 Å². The van der Waals surface area contributed by atoms with Crippen LogP contribution in [-0.4, -0.2) is 31.8 Å². The highest BCUT2D eigenvalue weighted by atomic mass is 16.5. The summed E-state index contributed by atoms with van der Waals surface area (Å²) in [6.45, 7) is 1.66. The number of carbonyl (C=O) groups is 3. The normalized spacial score (nSPS) is 23.2. The smallest absolute Gasteiger partial charge is 0.316 e. The first-order chi connectivity index (χ1) is 10.4. The second kappa shape index (κ2) is 4.80. The number of benzene rings is 1. The maximum atomic E-state index is 12.9. The molecule has 0 amide bonds. The van der Waals surface area contributed by atoms with E-state index in [1.165, 1.54) is 14.2 Å². The lowest BCUT2D eigenvalue weighted by molar-refractivity contribution is -0.149. The van der Waals surface area contributed by atoms with Gasteiger partial charge in [-0.2, -0.15) is 0 Å². The van der Waals surface area contributed by atoms with E-state index in [4.69, 9.17) is 9.47 Å². The van der Waals surface area contributed by atoms with Gasteiger partial charge in [-0.3, -0.25) is 14.4 Å². The number of hydrogen-bond donors (Lipinski definition) is 0. The molecule has 3 rings (SSSR count). The van der Waals surface area contributed by atoms with Gasteiger partial charge < -0.3 is 9.47 Å². The molecule has 5 heteroatoms. The number of fused-ring (bicyclic) bond motifs is 1. The Balaban J connectivity index is 2.19. The highest BCUT2D eigenvalue weighted by Crippen LogP contribution is 2.48. The van der Waals surface area contributed by atoms with E-state index in [0.717, 1.165) is 0 Å². The summed E-state index contributed by atoms with van der Waals surface area (Å²) < 4.78 is 9.97. The first-order valence-corrected chi connectivity index (χ1v) is 7.03. The van der Waals surface area contributed by atoms with Crippen molar-refractivity contribution >= 4 is 17.5 Å². The lowest BCUT2D eigenvalue weighted by Crippen LogP contribution is -2.34. The van der Waals surface area contributed by atoms with Crippen LogP contribution in [0.1, 0.15) is 40.5 Å². The van der Waals surface area contributed by atoms with E-state index < -0.39 is 11.4 Å². The van der Waals surface area contributed by atoms with Gasteiger partial charge in [0.25, 0.3) is 0 Å². The Morgan fingerprint density at radius 3 is 2.50 bits per heavy atom. The molecular formula is C17H16O5. The summed E-state index contributed by atoms with van der Waals surface area (Å²) in [6.07, 6.45) is 0.823. The number of Topliss-reactive ketones (excluding diaryl/α,β-unsaturated/α-hetero) is 2. The zero-order valence-electron chi connectivity index (χ0n) is 12.7. The molecule has 5 nitrogen and oxygen atoms in total. The van der Waals surface area contributed by atoms with E-state index in [9.17, 15) is 14.4 Å². The molecule has 0 spiro atoms. The number of ether oxygens (including phenoxy) is 2. The molecule has 0 heterocycles. The van der Waals surface area contributed by atoms with Crippen molar-refractivity contribution in [1.82, 2.24) is 0 Å². The number of rotatable bonds is 2. The number of hydrogen-bond acceptors (Lipinski definition) is 5. The zero-order chi connectivity index (χ0) is 16.1. The van der Waals surface area contributed by atoms with Crippen molar-refractivity contribution in [3.8, 4) is 5.75 Å². The predicted molar refractivity (Wildman–Crippen MR) is 78.0 cm³/mol. The highest BCUT2D eigenvalue weighted by Gasteiger charge is 2.51. The van der Waals surface area contributed by atoms with Crippen LogP contribution >= 0.6 is 0 Å². The van der Waals surface area contributed by atoms with Crippen LogP contribution in [0, 0.1) is 5.41 Å². The Morgan fingerprint density at radius 2 is 1.86 bits per heavy atom. The minimum absolute atomic E-state index is 0.181. The molecule has 1 unspecified atom stereocenters. The third-order valence-corrected chi connectivity index (χ3v) is 4.58. The molecule has 1 aromatic carbocycles. The van der Waals surface area contributed by atoms with Crippen molar-refractivity contribution in [2.75, 3.05) is 14.2 Å². The van der Waals surface area contributed by atoms with Gasteiger partial charge in [0.1, 0.15) is 5.75 Å². The van der Waals surface area contributed by atoms with Crippen LogP contribution in [0.4, 0.5) is 0 Å². The number of ketones is 2. The van der Waals surface area contributed by atoms with Crippen molar-refractivity contribution in [3.63, 3.8) is 0 Å². The van der Waals surface area contributed by atoms with Crippen LogP contribution in [0.5, 0.6) is 5.75 Å². The van der Waals surface area contributed by atoms with Gasteiger partial charge in [0.15, 0.2) is 11.6 Å². The summed E-state index contributed by atoms with van der Waals surface area (Å²) >= 11 is 0. The molecular weight excluding hydrogens is 284 g/mol. The quantitative estimate of drug-likeness (QED) is 0.784. The molecule has 0 saturated heterocycles. The van der Waals surface area contributed by atoms with Gasteiger partial charge in [0.2, 0.25) is 0 Å². The predicted octanol–water partition coefficient (Wildman–Crippen LogP) is 2.34. The van der Waals surface area contributed by atoms with E-state index >= 15 is 0 Å². The molecule has 22 heavy (non-hydrogen) atoms. The van der Waals surface area contributed by atoms with Crippen molar-refractivity contribution in [2.45, 2.75) is 19.8 Å². The van der Waals surface area contributed by atoms with Gasteiger partial charge in [-0.25, -0.2) is 0 Å².